The first-order chi connectivity index (χ1) is 21.4. The molecule has 2 aromatic heterocycles. The molecule has 3 atom stereocenters. The van der Waals surface area contributed by atoms with Crippen molar-refractivity contribution in [3.05, 3.63) is 65.7 Å². The summed E-state index contributed by atoms with van der Waals surface area (Å²) < 4.78 is 38.2. The molecule has 44 heavy (non-hydrogen) atoms. The van der Waals surface area contributed by atoms with E-state index in [4.69, 9.17) is 16.3 Å². The van der Waals surface area contributed by atoms with Crippen LogP contribution in [0.2, 0.25) is 0 Å². The Morgan fingerprint density at radius 2 is 2.07 bits per heavy atom. The monoisotopic (exact) mass is 615 g/mol. The molecule has 3 aliphatic rings. The van der Waals surface area contributed by atoms with Gasteiger partial charge in [0.1, 0.15) is 30.2 Å². The van der Waals surface area contributed by atoms with Gasteiger partial charge in [-0.05, 0) is 37.6 Å². The maximum Gasteiger partial charge on any atom is 0.319 e. The van der Waals surface area contributed by atoms with E-state index in [1.165, 1.54) is 17.4 Å². The fraction of sp³-hybridized carbons (Fsp3) is 0.406. The summed E-state index contributed by atoms with van der Waals surface area (Å²) in [7, 11) is 0. The number of alkyl halides is 1. The van der Waals surface area contributed by atoms with Gasteiger partial charge in [-0.2, -0.15) is 9.97 Å². The lowest BCUT2D eigenvalue weighted by Crippen LogP contribution is -2.56. The normalized spacial score (nSPS) is 23.7. The van der Waals surface area contributed by atoms with E-state index in [1.807, 2.05) is 29.2 Å². The fourth-order valence-corrected chi connectivity index (χ4v) is 7.81. The van der Waals surface area contributed by atoms with Crippen molar-refractivity contribution < 1.29 is 18.3 Å². The van der Waals surface area contributed by atoms with Crippen molar-refractivity contribution in [1.29, 1.82) is 0 Å². The molecule has 226 valence electrons. The number of nitrogens with zero attached hydrogens (tertiary/aromatic N) is 7. The predicted octanol–water partition coefficient (Wildman–Crippen LogP) is 5.12. The van der Waals surface area contributed by atoms with Crippen LogP contribution in [-0.4, -0.2) is 94.3 Å². The molecular weight excluding hydrogens is 584 g/mol. The van der Waals surface area contributed by atoms with Gasteiger partial charge in [-0.15, -0.1) is 11.3 Å². The number of carbonyl (C=O) groups excluding carboxylic acids is 1. The summed E-state index contributed by atoms with van der Waals surface area (Å²) in [6.07, 6.45) is 2.53. The van der Waals surface area contributed by atoms with Crippen LogP contribution < -0.4 is 9.64 Å². The van der Waals surface area contributed by atoms with Crippen LogP contribution in [0.5, 0.6) is 6.01 Å². The molecule has 0 bridgehead atoms. The van der Waals surface area contributed by atoms with Crippen LogP contribution in [0.15, 0.2) is 48.5 Å². The lowest BCUT2D eigenvalue weighted by Gasteiger charge is -2.39. The summed E-state index contributed by atoms with van der Waals surface area (Å²) in [5, 5.41) is 0.499. The second kappa shape index (κ2) is 11.4. The van der Waals surface area contributed by atoms with Crippen LogP contribution in [0, 0.1) is 12.4 Å². The van der Waals surface area contributed by atoms with E-state index in [0.29, 0.717) is 60.4 Å². The number of amides is 1. The molecule has 0 aliphatic carbocycles. The SMILES string of the molecule is [C-]#[N+]C[C@H]1CN(c2nc(OCC34CCCN3C[C@H](F)C4)nc3c(F)c(-c4cccc5scnc45)ccc23)CCN1C(=O)C=C. The Hall–Kier alpha value is -4.21. The van der Waals surface area contributed by atoms with Crippen LogP contribution in [0.4, 0.5) is 14.6 Å². The molecular formula is C32H31F2N7O2S. The molecule has 7 rings (SSSR count). The van der Waals surface area contributed by atoms with Gasteiger partial charge in [-0.1, -0.05) is 24.8 Å². The average Bonchev–Trinajstić information content (AvgIpc) is 3.74. The standard InChI is InChI=1S/C32H31F2N7O2S/c1-3-26(42)41-13-12-39(17-21(41)15-35-2)30-24-9-8-22(23-6-4-7-25-28(23)36-19-44-25)27(34)29(24)37-31(38-30)43-18-32-10-5-11-40(32)16-20(33)14-32/h3-4,6-9,19-21H,1,5,10-18H2/t20-,21+,32?/m1/s1. The van der Waals surface area contributed by atoms with Gasteiger partial charge in [0.15, 0.2) is 5.82 Å². The van der Waals surface area contributed by atoms with Gasteiger partial charge in [0, 0.05) is 49.1 Å². The zero-order valence-corrected chi connectivity index (χ0v) is 24.9. The van der Waals surface area contributed by atoms with Gasteiger partial charge in [-0.3, -0.25) is 9.69 Å². The highest BCUT2D eigenvalue weighted by Gasteiger charge is 2.49. The van der Waals surface area contributed by atoms with Crippen molar-refractivity contribution >= 4 is 44.2 Å². The van der Waals surface area contributed by atoms with Gasteiger partial charge in [-0.25, -0.2) is 20.3 Å². The summed E-state index contributed by atoms with van der Waals surface area (Å²) in [6.45, 7) is 13.7. The molecule has 3 fully saturated rings. The van der Waals surface area contributed by atoms with Crippen molar-refractivity contribution in [3.8, 4) is 17.1 Å². The topological polar surface area (TPSA) is 79.1 Å². The van der Waals surface area contributed by atoms with Gasteiger partial charge in [0.05, 0.1) is 21.3 Å². The third kappa shape index (κ3) is 4.84. The number of hydrogen-bond acceptors (Lipinski definition) is 8. The lowest BCUT2D eigenvalue weighted by molar-refractivity contribution is -0.128. The van der Waals surface area contributed by atoms with Crippen LogP contribution in [-0.2, 0) is 4.79 Å². The number of halogens is 2. The number of fused-ring (bicyclic) bond motifs is 3. The van der Waals surface area contributed by atoms with Crippen molar-refractivity contribution in [3.63, 3.8) is 0 Å². The highest BCUT2D eigenvalue weighted by Crippen LogP contribution is 2.41. The first-order valence-corrected chi connectivity index (χ1v) is 15.6. The number of carbonyl (C=O) groups is 1. The molecule has 9 nitrogen and oxygen atoms in total. The van der Waals surface area contributed by atoms with Gasteiger partial charge >= 0.3 is 6.01 Å². The highest BCUT2D eigenvalue weighted by molar-refractivity contribution is 7.16. The van der Waals surface area contributed by atoms with Gasteiger partial charge < -0.3 is 19.4 Å². The Morgan fingerprint density at radius 1 is 1.18 bits per heavy atom. The summed E-state index contributed by atoms with van der Waals surface area (Å²) in [5.41, 5.74) is 3.18. The highest BCUT2D eigenvalue weighted by atomic mass is 32.1. The van der Waals surface area contributed by atoms with Crippen LogP contribution in [0.25, 0.3) is 37.1 Å². The molecule has 0 N–H and O–H groups in total. The molecule has 5 heterocycles. The Labute approximate surface area is 257 Å². The van der Waals surface area contributed by atoms with Gasteiger partial charge in [0.2, 0.25) is 12.5 Å². The van der Waals surface area contributed by atoms with E-state index < -0.39 is 23.6 Å². The molecule has 1 unspecified atom stereocenters. The molecule has 3 aliphatic heterocycles. The smallest absolute Gasteiger partial charge is 0.319 e. The van der Waals surface area contributed by atoms with E-state index >= 15 is 4.39 Å². The van der Waals surface area contributed by atoms with Crippen molar-refractivity contribution in [2.24, 2.45) is 0 Å². The summed E-state index contributed by atoms with van der Waals surface area (Å²) in [5.74, 6) is -0.275. The fourth-order valence-electron chi connectivity index (χ4n) is 7.11. The van der Waals surface area contributed by atoms with Crippen molar-refractivity contribution in [2.75, 3.05) is 50.8 Å². The number of ether oxygens (including phenoxy) is 1. The molecule has 3 saturated heterocycles. The molecule has 0 spiro atoms. The Bertz CT molecular complexity index is 1810. The van der Waals surface area contributed by atoms with Gasteiger partial charge in [0.25, 0.3) is 0 Å². The minimum absolute atomic E-state index is 0.0188. The number of thiazole rings is 1. The molecule has 2 aromatic carbocycles. The van der Waals surface area contributed by atoms with E-state index in [9.17, 15) is 9.18 Å². The Kier molecular flexibility index (Phi) is 7.38. The maximum absolute atomic E-state index is 16.6. The largest absolute Gasteiger partial charge is 0.461 e. The Morgan fingerprint density at radius 3 is 2.91 bits per heavy atom. The number of benzene rings is 2. The Balaban J connectivity index is 1.31. The number of piperazine rings is 1. The summed E-state index contributed by atoms with van der Waals surface area (Å²) >= 11 is 1.49. The first kappa shape index (κ1) is 28.6. The second-order valence-electron chi connectivity index (χ2n) is 11.7. The van der Waals surface area contributed by atoms with Crippen molar-refractivity contribution in [1.82, 2.24) is 24.8 Å². The third-order valence-corrected chi connectivity index (χ3v) is 9.98. The maximum atomic E-state index is 16.6. The van der Waals surface area contributed by atoms with Crippen molar-refractivity contribution in [2.45, 2.75) is 37.0 Å². The van der Waals surface area contributed by atoms with E-state index in [-0.39, 0.29) is 30.6 Å². The number of aromatic nitrogens is 3. The van der Waals surface area contributed by atoms with Crippen LogP contribution in [0.3, 0.4) is 0 Å². The summed E-state index contributed by atoms with van der Waals surface area (Å²) in [6, 6.07) is 8.84. The number of anilines is 1. The molecule has 4 aromatic rings. The predicted molar refractivity (Wildman–Crippen MR) is 166 cm³/mol. The minimum Gasteiger partial charge on any atom is -0.461 e. The van der Waals surface area contributed by atoms with Crippen LogP contribution >= 0.6 is 11.3 Å². The molecule has 0 saturated carbocycles. The molecule has 1 amide bonds. The number of hydrogen-bond donors (Lipinski definition) is 0. The molecule has 0 radical (unpaired) electrons. The number of rotatable bonds is 7. The second-order valence-corrected chi connectivity index (χ2v) is 12.6. The first-order valence-electron chi connectivity index (χ1n) is 14.8. The minimum atomic E-state index is -0.908. The number of para-hydroxylation sites is 1. The third-order valence-electron chi connectivity index (χ3n) is 9.19. The van der Waals surface area contributed by atoms with E-state index in [0.717, 1.165) is 24.1 Å². The molecule has 12 heteroatoms. The van der Waals surface area contributed by atoms with E-state index in [2.05, 4.69) is 26.3 Å². The average molecular weight is 616 g/mol. The zero-order valence-electron chi connectivity index (χ0n) is 24.1. The quantitative estimate of drug-likeness (QED) is 0.211. The summed E-state index contributed by atoms with van der Waals surface area (Å²) in [4.78, 5) is 35.7. The van der Waals surface area contributed by atoms with Crippen LogP contribution in [0.1, 0.15) is 19.3 Å². The lowest BCUT2D eigenvalue weighted by atomic mass is 9.95. The van der Waals surface area contributed by atoms with E-state index in [1.54, 1.807) is 16.5 Å². The zero-order chi connectivity index (χ0) is 30.4.